The van der Waals surface area contributed by atoms with Gasteiger partial charge in [-0.05, 0) is 57.4 Å². The molecule has 0 saturated carbocycles. The van der Waals surface area contributed by atoms with E-state index in [9.17, 15) is 0 Å². The Labute approximate surface area is 151 Å². The molecule has 2 nitrogen and oxygen atoms in total. The zero-order valence-electron chi connectivity index (χ0n) is 14.1. The van der Waals surface area contributed by atoms with Crippen molar-refractivity contribution < 1.29 is 0 Å². The topological polar surface area (TPSA) is 25.8 Å². The number of benzene rings is 3. The zero-order valence-corrected chi connectivity index (χ0v) is 14.1. The standard InChI is InChI=1S/C24H16N2/c1-2-7-18-15-22-19(14-17(18)6-1)8-5-9-21(22)20-11-12-24(26-16-20)23-10-3-4-13-25-23/h1-16H. The highest BCUT2D eigenvalue weighted by atomic mass is 14.8. The molecule has 0 bridgehead atoms. The van der Waals surface area contributed by atoms with Gasteiger partial charge in [0.05, 0.1) is 11.4 Å². The van der Waals surface area contributed by atoms with Gasteiger partial charge in [0.15, 0.2) is 0 Å². The molecule has 0 saturated heterocycles. The van der Waals surface area contributed by atoms with E-state index in [1.165, 1.54) is 27.1 Å². The Morgan fingerprint density at radius 2 is 1.31 bits per heavy atom. The Morgan fingerprint density at radius 3 is 2.08 bits per heavy atom. The van der Waals surface area contributed by atoms with Crippen LogP contribution in [-0.2, 0) is 0 Å². The van der Waals surface area contributed by atoms with Gasteiger partial charge in [-0.3, -0.25) is 9.97 Å². The first-order valence-corrected chi connectivity index (χ1v) is 8.68. The Balaban J connectivity index is 1.65. The summed E-state index contributed by atoms with van der Waals surface area (Å²) < 4.78 is 0. The molecule has 5 rings (SSSR count). The molecule has 2 heterocycles. The predicted molar refractivity (Wildman–Crippen MR) is 108 cm³/mol. The van der Waals surface area contributed by atoms with Crippen LogP contribution in [-0.4, -0.2) is 9.97 Å². The number of nitrogens with zero attached hydrogens (tertiary/aromatic N) is 2. The first kappa shape index (κ1) is 14.8. The van der Waals surface area contributed by atoms with Crippen molar-refractivity contribution in [1.29, 1.82) is 0 Å². The zero-order chi connectivity index (χ0) is 17.3. The molecule has 5 aromatic rings. The summed E-state index contributed by atoms with van der Waals surface area (Å²) in [5.41, 5.74) is 4.10. The lowest BCUT2D eigenvalue weighted by Gasteiger charge is -2.09. The van der Waals surface area contributed by atoms with Gasteiger partial charge in [-0.2, -0.15) is 0 Å². The van der Waals surface area contributed by atoms with Crippen LogP contribution in [0.3, 0.4) is 0 Å². The lowest BCUT2D eigenvalue weighted by atomic mass is 9.96. The van der Waals surface area contributed by atoms with Crippen LogP contribution in [0.15, 0.2) is 97.3 Å². The summed E-state index contributed by atoms with van der Waals surface area (Å²) in [6.45, 7) is 0. The van der Waals surface area contributed by atoms with Crippen LogP contribution in [0.5, 0.6) is 0 Å². The molecule has 122 valence electrons. The number of pyridine rings is 2. The van der Waals surface area contributed by atoms with Crippen LogP contribution in [0.4, 0.5) is 0 Å². The number of hydrogen-bond acceptors (Lipinski definition) is 2. The molecule has 0 radical (unpaired) electrons. The van der Waals surface area contributed by atoms with Crippen molar-refractivity contribution in [3.05, 3.63) is 97.3 Å². The van der Waals surface area contributed by atoms with Crippen molar-refractivity contribution in [2.75, 3.05) is 0 Å². The molecular formula is C24H16N2. The van der Waals surface area contributed by atoms with E-state index in [-0.39, 0.29) is 0 Å². The molecule has 3 aromatic carbocycles. The smallest absolute Gasteiger partial charge is 0.0886 e. The SMILES string of the molecule is c1ccc(-c2ccc(-c3cccc4cc5ccccc5cc34)cn2)nc1. The quantitative estimate of drug-likeness (QED) is 0.364. The molecular weight excluding hydrogens is 316 g/mol. The van der Waals surface area contributed by atoms with Crippen molar-refractivity contribution in [2.45, 2.75) is 0 Å². The maximum absolute atomic E-state index is 4.63. The molecule has 0 fully saturated rings. The van der Waals surface area contributed by atoms with Crippen molar-refractivity contribution in [3.63, 3.8) is 0 Å². The molecule has 0 aliphatic carbocycles. The van der Waals surface area contributed by atoms with E-state index in [1.807, 2.05) is 30.5 Å². The van der Waals surface area contributed by atoms with Crippen molar-refractivity contribution in [2.24, 2.45) is 0 Å². The highest BCUT2D eigenvalue weighted by Gasteiger charge is 2.07. The van der Waals surface area contributed by atoms with Crippen molar-refractivity contribution >= 4 is 21.5 Å². The van der Waals surface area contributed by atoms with Crippen LogP contribution in [0.25, 0.3) is 44.1 Å². The highest BCUT2D eigenvalue weighted by Crippen LogP contribution is 2.32. The largest absolute Gasteiger partial charge is 0.255 e. The lowest BCUT2D eigenvalue weighted by molar-refractivity contribution is 1.25. The summed E-state index contributed by atoms with van der Waals surface area (Å²) in [4.78, 5) is 9.00. The van der Waals surface area contributed by atoms with E-state index >= 15 is 0 Å². The average Bonchev–Trinajstić information content (AvgIpc) is 2.72. The Bertz CT molecular complexity index is 1210. The van der Waals surface area contributed by atoms with Gasteiger partial charge in [0.25, 0.3) is 0 Å². The summed E-state index contributed by atoms with van der Waals surface area (Å²) in [5.74, 6) is 0. The monoisotopic (exact) mass is 332 g/mol. The Hall–Kier alpha value is -3.52. The maximum atomic E-state index is 4.63. The number of fused-ring (bicyclic) bond motifs is 2. The molecule has 26 heavy (non-hydrogen) atoms. The van der Waals surface area contributed by atoms with Crippen LogP contribution in [0.1, 0.15) is 0 Å². The normalized spacial score (nSPS) is 11.1. The van der Waals surface area contributed by atoms with E-state index < -0.39 is 0 Å². The summed E-state index contributed by atoms with van der Waals surface area (Å²) in [7, 11) is 0. The molecule has 0 atom stereocenters. The van der Waals surface area contributed by atoms with E-state index in [4.69, 9.17) is 0 Å². The molecule has 0 amide bonds. The maximum Gasteiger partial charge on any atom is 0.0886 e. The minimum absolute atomic E-state index is 0.889. The number of aromatic nitrogens is 2. The highest BCUT2D eigenvalue weighted by molar-refractivity contribution is 6.04. The fourth-order valence-electron chi connectivity index (χ4n) is 3.44. The third-order valence-corrected chi connectivity index (χ3v) is 4.75. The summed E-state index contributed by atoms with van der Waals surface area (Å²) >= 11 is 0. The van der Waals surface area contributed by atoms with Gasteiger partial charge in [-0.1, -0.05) is 54.6 Å². The van der Waals surface area contributed by atoms with Gasteiger partial charge in [0.2, 0.25) is 0 Å². The van der Waals surface area contributed by atoms with Gasteiger partial charge in [0, 0.05) is 18.0 Å². The first-order valence-electron chi connectivity index (χ1n) is 8.68. The minimum Gasteiger partial charge on any atom is -0.255 e. The molecule has 0 unspecified atom stereocenters. The Morgan fingerprint density at radius 1 is 0.538 bits per heavy atom. The van der Waals surface area contributed by atoms with Crippen LogP contribution in [0.2, 0.25) is 0 Å². The minimum atomic E-state index is 0.889. The average molecular weight is 332 g/mol. The van der Waals surface area contributed by atoms with Crippen molar-refractivity contribution in [1.82, 2.24) is 9.97 Å². The fourth-order valence-corrected chi connectivity index (χ4v) is 3.44. The van der Waals surface area contributed by atoms with E-state index in [0.29, 0.717) is 0 Å². The van der Waals surface area contributed by atoms with Crippen molar-refractivity contribution in [3.8, 4) is 22.5 Å². The van der Waals surface area contributed by atoms with E-state index in [1.54, 1.807) is 6.20 Å². The summed E-state index contributed by atoms with van der Waals surface area (Å²) in [6.07, 6.45) is 3.73. The van der Waals surface area contributed by atoms with Gasteiger partial charge >= 0.3 is 0 Å². The van der Waals surface area contributed by atoms with Gasteiger partial charge in [-0.15, -0.1) is 0 Å². The van der Waals surface area contributed by atoms with Crippen LogP contribution < -0.4 is 0 Å². The van der Waals surface area contributed by atoms with Crippen LogP contribution >= 0.6 is 0 Å². The first-order chi connectivity index (χ1) is 12.9. The Kier molecular flexibility index (Phi) is 3.46. The molecule has 0 aliphatic rings. The van der Waals surface area contributed by atoms with Crippen LogP contribution in [0, 0.1) is 0 Å². The second-order valence-corrected chi connectivity index (χ2v) is 6.37. The van der Waals surface area contributed by atoms with E-state index in [2.05, 4.69) is 70.6 Å². The van der Waals surface area contributed by atoms with Gasteiger partial charge in [-0.25, -0.2) is 0 Å². The lowest BCUT2D eigenvalue weighted by Crippen LogP contribution is -1.88. The molecule has 2 heteroatoms. The predicted octanol–water partition coefficient (Wildman–Crippen LogP) is 6.12. The second-order valence-electron chi connectivity index (χ2n) is 6.37. The fraction of sp³-hybridized carbons (Fsp3) is 0. The number of hydrogen-bond donors (Lipinski definition) is 0. The molecule has 0 N–H and O–H groups in total. The molecule has 0 spiro atoms. The summed E-state index contributed by atoms with van der Waals surface area (Å²) in [5, 5.41) is 5.01. The second kappa shape index (κ2) is 6.08. The number of rotatable bonds is 2. The van der Waals surface area contributed by atoms with Gasteiger partial charge < -0.3 is 0 Å². The summed E-state index contributed by atoms with van der Waals surface area (Å²) in [6, 6.07) is 29.5. The third kappa shape index (κ3) is 2.52. The van der Waals surface area contributed by atoms with E-state index in [0.717, 1.165) is 17.0 Å². The third-order valence-electron chi connectivity index (χ3n) is 4.75. The molecule has 2 aromatic heterocycles. The van der Waals surface area contributed by atoms with Gasteiger partial charge in [0.1, 0.15) is 0 Å². The molecule has 0 aliphatic heterocycles.